The summed E-state index contributed by atoms with van der Waals surface area (Å²) in [5.41, 5.74) is 0. The van der Waals surface area contributed by atoms with Crippen molar-refractivity contribution < 1.29 is 13.3 Å². The molecule has 0 aromatic carbocycles. The average molecular weight is 380 g/mol. The summed E-state index contributed by atoms with van der Waals surface area (Å²) >= 11 is 0. The standard InChI is InChI=1S/C16H41NO3Si3/c1-11-18-23(10,19-12-2)20-16(3)14-13-15-17(21(4,5)6)22(7,8)9/h16H,11-15H2,1-10H3. The maximum Gasteiger partial charge on any atom is 0.497 e. The molecule has 0 saturated heterocycles. The Bertz CT molecular complexity index is 310. The normalized spacial score (nSPS) is 15.3. The first kappa shape index (κ1) is 23.5. The van der Waals surface area contributed by atoms with Crippen LogP contribution in [0.1, 0.15) is 33.6 Å². The molecule has 0 aliphatic heterocycles. The van der Waals surface area contributed by atoms with Gasteiger partial charge >= 0.3 is 8.80 Å². The molecule has 0 rings (SSSR count). The van der Waals surface area contributed by atoms with Crippen LogP contribution in [0, 0.1) is 0 Å². The highest BCUT2D eigenvalue weighted by molar-refractivity contribution is 6.89. The molecule has 0 aromatic rings. The molecular weight excluding hydrogens is 338 g/mol. The first-order chi connectivity index (χ1) is 10.4. The molecule has 0 aliphatic rings. The second-order valence-electron chi connectivity index (χ2n) is 8.29. The lowest BCUT2D eigenvalue weighted by molar-refractivity contribution is 0.0407. The fraction of sp³-hybridized carbons (Fsp3) is 1.00. The van der Waals surface area contributed by atoms with Crippen molar-refractivity contribution in [3.63, 3.8) is 0 Å². The van der Waals surface area contributed by atoms with Gasteiger partial charge in [-0.15, -0.1) is 0 Å². The minimum atomic E-state index is -2.46. The fourth-order valence-corrected chi connectivity index (χ4v) is 15.1. The van der Waals surface area contributed by atoms with Crippen molar-refractivity contribution in [3.8, 4) is 0 Å². The SMILES string of the molecule is CCO[Si](C)(OCC)OC(C)CCCN([Si](C)(C)C)[Si](C)(C)C. The number of nitrogens with zero attached hydrogens (tertiary/aromatic N) is 1. The quantitative estimate of drug-likeness (QED) is 0.456. The van der Waals surface area contributed by atoms with Crippen LogP contribution in [0.2, 0.25) is 45.8 Å². The topological polar surface area (TPSA) is 30.9 Å². The van der Waals surface area contributed by atoms with E-state index in [0.29, 0.717) is 13.2 Å². The summed E-state index contributed by atoms with van der Waals surface area (Å²) in [7, 11) is -4.96. The third-order valence-electron chi connectivity index (χ3n) is 3.84. The Morgan fingerprint density at radius 3 is 1.61 bits per heavy atom. The van der Waals surface area contributed by atoms with Crippen LogP contribution in [0.4, 0.5) is 0 Å². The molecule has 140 valence electrons. The zero-order valence-corrected chi connectivity index (χ0v) is 20.3. The van der Waals surface area contributed by atoms with E-state index in [1.165, 1.54) is 13.0 Å². The number of hydrogen-bond donors (Lipinski definition) is 0. The van der Waals surface area contributed by atoms with Crippen molar-refractivity contribution in [2.24, 2.45) is 0 Å². The zero-order valence-electron chi connectivity index (χ0n) is 17.3. The second-order valence-corrected chi connectivity index (χ2v) is 21.0. The predicted molar refractivity (Wildman–Crippen MR) is 108 cm³/mol. The van der Waals surface area contributed by atoms with E-state index < -0.39 is 25.3 Å². The Morgan fingerprint density at radius 2 is 1.26 bits per heavy atom. The summed E-state index contributed by atoms with van der Waals surface area (Å²) < 4.78 is 20.6. The van der Waals surface area contributed by atoms with Crippen molar-refractivity contribution in [2.45, 2.75) is 85.5 Å². The van der Waals surface area contributed by atoms with Crippen LogP contribution in [0.3, 0.4) is 0 Å². The van der Waals surface area contributed by atoms with Crippen LogP contribution in [-0.2, 0) is 13.3 Å². The number of rotatable bonds is 12. The number of hydrogen-bond acceptors (Lipinski definition) is 4. The Hall–Kier alpha value is 0.491. The molecule has 0 saturated carbocycles. The molecule has 0 N–H and O–H groups in total. The van der Waals surface area contributed by atoms with Crippen LogP contribution in [-0.4, -0.2) is 55.4 Å². The first-order valence-electron chi connectivity index (χ1n) is 9.09. The van der Waals surface area contributed by atoms with Gasteiger partial charge in [0.2, 0.25) is 0 Å². The summed E-state index contributed by atoms with van der Waals surface area (Å²) in [6, 6.07) is 0. The Balaban J connectivity index is 4.50. The highest BCUT2D eigenvalue weighted by Gasteiger charge is 2.36. The summed E-state index contributed by atoms with van der Waals surface area (Å²) in [6.07, 6.45) is 2.43. The van der Waals surface area contributed by atoms with E-state index in [1.54, 1.807) is 0 Å². The van der Waals surface area contributed by atoms with Gasteiger partial charge in [-0.1, -0.05) is 39.3 Å². The second kappa shape index (κ2) is 9.84. The maximum atomic E-state index is 6.17. The first-order valence-corrected chi connectivity index (χ1v) is 18.2. The Labute approximate surface area is 148 Å². The fourth-order valence-electron chi connectivity index (χ4n) is 3.27. The van der Waals surface area contributed by atoms with Gasteiger partial charge < -0.3 is 17.5 Å². The molecule has 0 aliphatic carbocycles. The Morgan fingerprint density at radius 1 is 0.826 bits per heavy atom. The maximum absolute atomic E-state index is 6.17. The monoisotopic (exact) mass is 379 g/mol. The van der Waals surface area contributed by atoms with Crippen LogP contribution >= 0.6 is 0 Å². The van der Waals surface area contributed by atoms with Crippen molar-refractivity contribution >= 4 is 25.3 Å². The van der Waals surface area contributed by atoms with Gasteiger partial charge in [0.1, 0.15) is 16.5 Å². The molecular formula is C16H41NO3Si3. The van der Waals surface area contributed by atoms with Gasteiger partial charge in [-0.05, 0) is 40.2 Å². The summed E-state index contributed by atoms with van der Waals surface area (Å²) in [5, 5.41) is 0. The van der Waals surface area contributed by atoms with Crippen molar-refractivity contribution in [1.29, 1.82) is 0 Å². The smallest absolute Gasteiger partial charge is 0.374 e. The molecule has 0 bridgehead atoms. The molecule has 23 heavy (non-hydrogen) atoms. The molecule has 7 heteroatoms. The van der Waals surface area contributed by atoms with Gasteiger partial charge in [-0.25, -0.2) is 0 Å². The van der Waals surface area contributed by atoms with Gasteiger partial charge in [0.25, 0.3) is 0 Å². The molecule has 1 atom stereocenters. The van der Waals surface area contributed by atoms with Crippen LogP contribution in [0.15, 0.2) is 0 Å². The van der Waals surface area contributed by atoms with Gasteiger partial charge in [0, 0.05) is 25.9 Å². The van der Waals surface area contributed by atoms with E-state index in [4.69, 9.17) is 13.3 Å². The van der Waals surface area contributed by atoms with Gasteiger partial charge in [-0.2, -0.15) is 0 Å². The Kier molecular flexibility index (Phi) is 10.0. The lowest BCUT2D eigenvalue weighted by Gasteiger charge is -2.43. The van der Waals surface area contributed by atoms with Crippen molar-refractivity contribution in [2.75, 3.05) is 19.8 Å². The predicted octanol–water partition coefficient (Wildman–Crippen LogP) is 4.79. The molecule has 0 spiro atoms. The molecule has 0 heterocycles. The minimum absolute atomic E-state index is 0.190. The molecule has 1 unspecified atom stereocenters. The van der Waals surface area contributed by atoms with Gasteiger partial charge in [0.15, 0.2) is 0 Å². The lowest BCUT2D eigenvalue weighted by Crippen LogP contribution is -2.59. The zero-order chi connectivity index (χ0) is 18.3. The summed E-state index contributed by atoms with van der Waals surface area (Å²) in [6.45, 7) is 25.4. The molecule has 0 aromatic heterocycles. The van der Waals surface area contributed by atoms with E-state index in [2.05, 4.69) is 50.4 Å². The third-order valence-corrected chi connectivity index (χ3v) is 14.0. The van der Waals surface area contributed by atoms with Crippen LogP contribution < -0.4 is 0 Å². The van der Waals surface area contributed by atoms with Gasteiger partial charge in [0.05, 0.1) is 0 Å². The van der Waals surface area contributed by atoms with E-state index in [9.17, 15) is 0 Å². The molecule has 0 radical (unpaired) electrons. The molecule has 0 amide bonds. The van der Waals surface area contributed by atoms with Crippen molar-refractivity contribution in [1.82, 2.24) is 4.23 Å². The lowest BCUT2D eigenvalue weighted by atomic mass is 10.2. The highest BCUT2D eigenvalue weighted by Crippen LogP contribution is 2.21. The largest absolute Gasteiger partial charge is 0.497 e. The van der Waals surface area contributed by atoms with E-state index in [0.717, 1.165) is 6.42 Å². The average Bonchev–Trinajstić information content (AvgIpc) is 2.31. The van der Waals surface area contributed by atoms with Crippen molar-refractivity contribution in [3.05, 3.63) is 0 Å². The van der Waals surface area contributed by atoms with Gasteiger partial charge in [-0.3, -0.25) is 0 Å². The van der Waals surface area contributed by atoms with Crippen LogP contribution in [0.5, 0.6) is 0 Å². The summed E-state index contributed by atoms with van der Waals surface area (Å²) in [4.78, 5) is 0. The van der Waals surface area contributed by atoms with E-state index >= 15 is 0 Å². The molecule has 0 fully saturated rings. The molecule has 4 nitrogen and oxygen atoms in total. The minimum Gasteiger partial charge on any atom is -0.374 e. The highest BCUT2D eigenvalue weighted by atomic mass is 28.4. The third kappa shape index (κ3) is 9.52. The van der Waals surface area contributed by atoms with E-state index in [-0.39, 0.29) is 6.10 Å². The summed E-state index contributed by atoms with van der Waals surface area (Å²) in [5.74, 6) is 0. The van der Waals surface area contributed by atoms with Crippen LogP contribution in [0.25, 0.3) is 0 Å². The van der Waals surface area contributed by atoms with E-state index in [1.807, 2.05) is 20.4 Å².